The van der Waals surface area contributed by atoms with Crippen LogP contribution in [0.1, 0.15) is 45.1 Å². The predicted octanol–water partition coefficient (Wildman–Crippen LogP) is 3.88. The fourth-order valence-corrected chi connectivity index (χ4v) is 2.47. The number of rotatable bonds is 3. The summed E-state index contributed by atoms with van der Waals surface area (Å²) in [5.74, 6) is -0.159. The first-order valence-corrected chi connectivity index (χ1v) is 6.53. The molecule has 0 saturated heterocycles. The molecule has 1 nitrogen and oxygen atoms in total. The van der Waals surface area contributed by atoms with E-state index in [0.717, 1.165) is 12.1 Å². The quantitative estimate of drug-likeness (QED) is 0.838. The Balaban J connectivity index is 1.78. The molecule has 1 aliphatic carbocycles. The summed E-state index contributed by atoms with van der Waals surface area (Å²) < 4.78 is 12.7. The van der Waals surface area contributed by atoms with Gasteiger partial charge in [-0.1, -0.05) is 26.0 Å². The van der Waals surface area contributed by atoms with Crippen molar-refractivity contribution >= 4 is 0 Å². The van der Waals surface area contributed by atoms with Gasteiger partial charge in [0.05, 0.1) is 0 Å². The molecule has 2 rings (SSSR count). The van der Waals surface area contributed by atoms with Crippen LogP contribution in [0.15, 0.2) is 24.3 Å². The Morgan fingerprint density at radius 3 is 2.35 bits per heavy atom. The van der Waals surface area contributed by atoms with Crippen LogP contribution < -0.4 is 5.32 Å². The molecule has 0 heterocycles. The number of nitrogens with one attached hydrogen (secondary N) is 1. The average Bonchev–Trinajstić information content (AvgIpc) is 2.30. The lowest BCUT2D eigenvalue weighted by Crippen LogP contribution is -2.35. The van der Waals surface area contributed by atoms with Gasteiger partial charge in [0.25, 0.3) is 0 Å². The summed E-state index contributed by atoms with van der Waals surface area (Å²) in [6.45, 7) is 5.55. The summed E-state index contributed by atoms with van der Waals surface area (Å²) >= 11 is 0. The lowest BCUT2D eigenvalue weighted by atomic mass is 9.75. The highest BCUT2D eigenvalue weighted by atomic mass is 19.1. The first-order valence-electron chi connectivity index (χ1n) is 6.53. The lowest BCUT2D eigenvalue weighted by molar-refractivity contribution is 0.206. The van der Waals surface area contributed by atoms with Crippen LogP contribution in [-0.2, 0) is 6.54 Å². The standard InChI is InChI=1S/C15H22FN/c1-15(2)9-7-14(8-10-15)17-11-12-3-5-13(16)6-4-12/h3-6,14,17H,7-11H2,1-2H3. The van der Waals surface area contributed by atoms with Crippen molar-refractivity contribution in [3.05, 3.63) is 35.6 Å². The van der Waals surface area contributed by atoms with Crippen molar-refractivity contribution in [2.24, 2.45) is 5.41 Å². The molecule has 0 amide bonds. The molecule has 1 fully saturated rings. The number of halogens is 1. The van der Waals surface area contributed by atoms with E-state index >= 15 is 0 Å². The molecule has 1 saturated carbocycles. The first-order chi connectivity index (χ1) is 8.05. The van der Waals surface area contributed by atoms with E-state index in [0.29, 0.717) is 11.5 Å². The molecule has 94 valence electrons. The van der Waals surface area contributed by atoms with E-state index in [1.165, 1.54) is 37.8 Å². The molecule has 17 heavy (non-hydrogen) atoms. The maximum atomic E-state index is 12.7. The van der Waals surface area contributed by atoms with Crippen LogP contribution in [0.25, 0.3) is 0 Å². The Kier molecular flexibility index (Phi) is 3.82. The van der Waals surface area contributed by atoms with Crippen molar-refractivity contribution in [2.45, 2.75) is 52.1 Å². The number of hydrogen-bond donors (Lipinski definition) is 1. The van der Waals surface area contributed by atoms with Gasteiger partial charge in [-0.25, -0.2) is 4.39 Å². The summed E-state index contributed by atoms with van der Waals surface area (Å²) in [5, 5.41) is 3.57. The molecule has 1 aromatic rings. The van der Waals surface area contributed by atoms with Crippen molar-refractivity contribution in [1.29, 1.82) is 0 Å². The second kappa shape index (κ2) is 5.18. The van der Waals surface area contributed by atoms with Gasteiger partial charge in [-0.2, -0.15) is 0 Å². The van der Waals surface area contributed by atoms with Crippen LogP contribution in [0.3, 0.4) is 0 Å². The van der Waals surface area contributed by atoms with Crippen molar-refractivity contribution in [2.75, 3.05) is 0 Å². The Labute approximate surface area is 103 Å². The summed E-state index contributed by atoms with van der Waals surface area (Å²) in [6.07, 6.45) is 5.12. The molecule has 0 aliphatic heterocycles. The number of hydrogen-bond acceptors (Lipinski definition) is 1. The Hall–Kier alpha value is -0.890. The molecule has 0 spiro atoms. The molecular formula is C15H22FN. The van der Waals surface area contributed by atoms with Gasteiger partial charge in [-0.05, 0) is 48.8 Å². The highest BCUT2D eigenvalue weighted by molar-refractivity contribution is 5.15. The van der Waals surface area contributed by atoms with E-state index in [-0.39, 0.29) is 5.82 Å². The van der Waals surface area contributed by atoms with Crippen LogP contribution in [0, 0.1) is 11.2 Å². The maximum absolute atomic E-state index is 12.7. The molecule has 1 aliphatic rings. The minimum atomic E-state index is -0.159. The SMILES string of the molecule is CC1(C)CCC(NCc2ccc(F)cc2)CC1. The molecule has 0 unspecified atom stereocenters. The van der Waals surface area contributed by atoms with Crippen LogP contribution in [0.4, 0.5) is 4.39 Å². The Morgan fingerprint density at radius 1 is 1.18 bits per heavy atom. The van der Waals surface area contributed by atoms with E-state index in [9.17, 15) is 4.39 Å². The highest BCUT2D eigenvalue weighted by Gasteiger charge is 2.26. The predicted molar refractivity (Wildman–Crippen MR) is 69.3 cm³/mol. The summed E-state index contributed by atoms with van der Waals surface area (Å²) in [5.41, 5.74) is 1.69. The summed E-state index contributed by atoms with van der Waals surface area (Å²) in [4.78, 5) is 0. The van der Waals surface area contributed by atoms with Gasteiger partial charge in [0.15, 0.2) is 0 Å². The summed E-state index contributed by atoms with van der Waals surface area (Å²) in [7, 11) is 0. The van der Waals surface area contributed by atoms with E-state index in [2.05, 4.69) is 19.2 Å². The third-order valence-corrected chi connectivity index (χ3v) is 3.85. The fourth-order valence-electron chi connectivity index (χ4n) is 2.47. The van der Waals surface area contributed by atoms with Gasteiger partial charge in [-0.3, -0.25) is 0 Å². The van der Waals surface area contributed by atoms with E-state index in [1.54, 1.807) is 0 Å². The first kappa shape index (κ1) is 12.6. The molecule has 1 aromatic carbocycles. The van der Waals surface area contributed by atoms with Gasteiger partial charge in [0.1, 0.15) is 5.82 Å². The van der Waals surface area contributed by atoms with Gasteiger partial charge in [0, 0.05) is 12.6 Å². The minimum absolute atomic E-state index is 0.159. The zero-order valence-corrected chi connectivity index (χ0v) is 10.8. The summed E-state index contributed by atoms with van der Waals surface area (Å²) in [6, 6.07) is 7.40. The zero-order chi connectivity index (χ0) is 12.3. The van der Waals surface area contributed by atoms with Crippen LogP contribution in [0.5, 0.6) is 0 Å². The van der Waals surface area contributed by atoms with Gasteiger partial charge >= 0.3 is 0 Å². The lowest BCUT2D eigenvalue weighted by Gasteiger charge is -2.34. The Bertz CT molecular complexity index is 346. The van der Waals surface area contributed by atoms with Crippen LogP contribution in [-0.4, -0.2) is 6.04 Å². The number of benzene rings is 1. The molecule has 0 aromatic heterocycles. The van der Waals surface area contributed by atoms with E-state index in [4.69, 9.17) is 0 Å². The second-order valence-corrected chi connectivity index (χ2v) is 5.95. The third-order valence-electron chi connectivity index (χ3n) is 3.85. The second-order valence-electron chi connectivity index (χ2n) is 5.95. The molecule has 0 atom stereocenters. The molecule has 0 radical (unpaired) electrons. The smallest absolute Gasteiger partial charge is 0.123 e. The zero-order valence-electron chi connectivity index (χ0n) is 10.8. The topological polar surface area (TPSA) is 12.0 Å². The average molecular weight is 235 g/mol. The van der Waals surface area contributed by atoms with Crippen molar-refractivity contribution in [3.8, 4) is 0 Å². The van der Waals surface area contributed by atoms with Gasteiger partial charge in [-0.15, -0.1) is 0 Å². The molecule has 2 heteroatoms. The van der Waals surface area contributed by atoms with Crippen LogP contribution in [0.2, 0.25) is 0 Å². The van der Waals surface area contributed by atoms with Crippen molar-refractivity contribution in [1.82, 2.24) is 5.32 Å². The maximum Gasteiger partial charge on any atom is 0.123 e. The third kappa shape index (κ3) is 3.81. The van der Waals surface area contributed by atoms with E-state index in [1.807, 2.05) is 12.1 Å². The minimum Gasteiger partial charge on any atom is -0.310 e. The normalized spacial score (nSPS) is 20.4. The van der Waals surface area contributed by atoms with Gasteiger partial charge in [0.2, 0.25) is 0 Å². The van der Waals surface area contributed by atoms with Gasteiger partial charge < -0.3 is 5.32 Å². The van der Waals surface area contributed by atoms with Crippen molar-refractivity contribution < 1.29 is 4.39 Å². The van der Waals surface area contributed by atoms with Crippen LogP contribution >= 0.6 is 0 Å². The largest absolute Gasteiger partial charge is 0.310 e. The highest BCUT2D eigenvalue weighted by Crippen LogP contribution is 2.35. The molecule has 1 N–H and O–H groups in total. The van der Waals surface area contributed by atoms with Crippen molar-refractivity contribution in [3.63, 3.8) is 0 Å². The Morgan fingerprint density at radius 2 is 1.76 bits per heavy atom. The molecular weight excluding hydrogens is 213 g/mol. The molecule has 0 bridgehead atoms. The van der Waals surface area contributed by atoms with E-state index < -0.39 is 0 Å². The fraction of sp³-hybridized carbons (Fsp3) is 0.600. The monoisotopic (exact) mass is 235 g/mol.